The fourth-order valence-electron chi connectivity index (χ4n) is 2.47. The predicted molar refractivity (Wildman–Crippen MR) is 76.0 cm³/mol. The summed E-state index contributed by atoms with van der Waals surface area (Å²) >= 11 is 0. The maximum Gasteiger partial charge on any atom is 0.270 e. The van der Waals surface area contributed by atoms with Crippen LogP contribution in [0.15, 0.2) is 18.2 Å². The fraction of sp³-hybridized carbons (Fsp3) is 0.429. The highest BCUT2D eigenvalue weighted by molar-refractivity contribution is 5.99. The summed E-state index contributed by atoms with van der Waals surface area (Å²) < 4.78 is 0. The lowest BCUT2D eigenvalue weighted by molar-refractivity contribution is -0.384. The molecule has 0 aliphatic carbocycles. The van der Waals surface area contributed by atoms with Crippen LogP contribution in [0.5, 0.6) is 0 Å². The molecule has 0 spiro atoms. The first kappa shape index (κ1) is 15.0. The zero-order valence-electron chi connectivity index (χ0n) is 12.0. The Balaban J connectivity index is 2.36. The van der Waals surface area contributed by atoms with Gasteiger partial charge in [-0.3, -0.25) is 19.7 Å². The minimum atomic E-state index is -0.531. The maximum atomic E-state index is 12.6. The predicted octanol–water partition coefficient (Wildman–Crippen LogP) is 1.25. The van der Waals surface area contributed by atoms with Gasteiger partial charge in [0.2, 0.25) is 5.91 Å². The first-order chi connectivity index (χ1) is 9.95. The van der Waals surface area contributed by atoms with Crippen LogP contribution in [0.3, 0.4) is 0 Å². The van der Waals surface area contributed by atoms with E-state index in [1.165, 1.54) is 17.0 Å². The third-order valence-corrected chi connectivity index (χ3v) is 3.64. The number of hydrogen-bond donors (Lipinski definition) is 1. The normalized spacial score (nSPS) is 18.3. The number of nitrogens with one attached hydrogen (secondary N) is 1. The minimum absolute atomic E-state index is 0.126. The summed E-state index contributed by atoms with van der Waals surface area (Å²) in [6, 6.07) is 3.67. The molecule has 1 aliphatic heterocycles. The van der Waals surface area contributed by atoms with Crippen molar-refractivity contribution in [2.45, 2.75) is 26.3 Å². The highest BCUT2D eigenvalue weighted by Gasteiger charge is 2.33. The van der Waals surface area contributed by atoms with E-state index in [1.54, 1.807) is 13.0 Å². The van der Waals surface area contributed by atoms with Crippen LogP contribution in [0.1, 0.15) is 29.3 Å². The van der Waals surface area contributed by atoms with E-state index in [4.69, 9.17) is 0 Å². The van der Waals surface area contributed by atoms with Crippen molar-refractivity contribution in [2.24, 2.45) is 0 Å². The van der Waals surface area contributed by atoms with Crippen LogP contribution in [0, 0.1) is 17.0 Å². The van der Waals surface area contributed by atoms with Crippen LogP contribution in [-0.2, 0) is 4.79 Å². The van der Waals surface area contributed by atoms with Gasteiger partial charge in [-0.1, -0.05) is 13.0 Å². The van der Waals surface area contributed by atoms with Crippen molar-refractivity contribution in [2.75, 3.05) is 13.1 Å². The Morgan fingerprint density at radius 2 is 2.24 bits per heavy atom. The number of nitrogens with zero attached hydrogens (tertiary/aromatic N) is 2. The second-order valence-electron chi connectivity index (χ2n) is 4.97. The van der Waals surface area contributed by atoms with Crippen molar-refractivity contribution in [3.63, 3.8) is 0 Å². The molecular formula is C14H17N3O4. The zero-order chi connectivity index (χ0) is 15.6. The van der Waals surface area contributed by atoms with E-state index in [0.717, 1.165) is 0 Å². The number of carbonyl (C=O) groups excluding carboxylic acids is 2. The Hall–Kier alpha value is -2.44. The van der Waals surface area contributed by atoms with Gasteiger partial charge in [-0.25, -0.2) is 0 Å². The fourth-order valence-corrected chi connectivity index (χ4v) is 2.47. The van der Waals surface area contributed by atoms with Crippen molar-refractivity contribution in [1.82, 2.24) is 10.2 Å². The SMILES string of the molecule is CCC1C(=O)NCCN1C(=O)c1cc([N+](=O)[O-])ccc1C. The molecule has 112 valence electrons. The van der Waals surface area contributed by atoms with Gasteiger partial charge in [0.25, 0.3) is 11.6 Å². The van der Waals surface area contributed by atoms with Crippen molar-refractivity contribution < 1.29 is 14.5 Å². The smallest absolute Gasteiger partial charge is 0.270 e. The molecular weight excluding hydrogens is 274 g/mol. The largest absolute Gasteiger partial charge is 0.353 e. The molecule has 1 saturated heterocycles. The van der Waals surface area contributed by atoms with Crippen LogP contribution >= 0.6 is 0 Å². The number of hydrogen-bond acceptors (Lipinski definition) is 4. The molecule has 1 N–H and O–H groups in total. The number of nitro groups is 1. The van der Waals surface area contributed by atoms with Gasteiger partial charge in [0.15, 0.2) is 0 Å². The van der Waals surface area contributed by atoms with Crippen molar-refractivity contribution >= 4 is 17.5 Å². The van der Waals surface area contributed by atoms with Gasteiger partial charge in [-0.15, -0.1) is 0 Å². The molecule has 1 atom stereocenters. The first-order valence-corrected chi connectivity index (χ1v) is 6.79. The monoisotopic (exact) mass is 291 g/mol. The minimum Gasteiger partial charge on any atom is -0.353 e. The Morgan fingerprint density at radius 1 is 1.52 bits per heavy atom. The third-order valence-electron chi connectivity index (χ3n) is 3.64. The van der Waals surface area contributed by atoms with E-state index in [9.17, 15) is 19.7 Å². The molecule has 1 unspecified atom stereocenters. The van der Waals surface area contributed by atoms with E-state index in [-0.39, 0.29) is 23.1 Å². The van der Waals surface area contributed by atoms with Gasteiger partial charge in [0.1, 0.15) is 6.04 Å². The molecule has 1 aromatic carbocycles. The lowest BCUT2D eigenvalue weighted by Gasteiger charge is -2.34. The van der Waals surface area contributed by atoms with E-state index < -0.39 is 11.0 Å². The van der Waals surface area contributed by atoms with Gasteiger partial charge in [0, 0.05) is 30.8 Å². The van der Waals surface area contributed by atoms with Crippen LogP contribution in [-0.4, -0.2) is 40.8 Å². The molecule has 7 nitrogen and oxygen atoms in total. The Morgan fingerprint density at radius 3 is 2.86 bits per heavy atom. The molecule has 0 radical (unpaired) electrons. The van der Waals surface area contributed by atoms with Gasteiger partial charge in [-0.2, -0.15) is 0 Å². The molecule has 1 heterocycles. The number of nitro benzene ring substituents is 1. The molecule has 2 amide bonds. The average Bonchev–Trinajstić information content (AvgIpc) is 2.46. The highest BCUT2D eigenvalue weighted by atomic mass is 16.6. The molecule has 1 fully saturated rings. The highest BCUT2D eigenvalue weighted by Crippen LogP contribution is 2.21. The summed E-state index contributed by atoms with van der Waals surface area (Å²) in [7, 11) is 0. The summed E-state index contributed by atoms with van der Waals surface area (Å²) in [5.41, 5.74) is 0.808. The van der Waals surface area contributed by atoms with Crippen LogP contribution < -0.4 is 5.32 Å². The summed E-state index contributed by atoms with van der Waals surface area (Å²) in [6.07, 6.45) is 0.506. The topological polar surface area (TPSA) is 92.6 Å². The summed E-state index contributed by atoms with van der Waals surface area (Å²) in [5.74, 6) is -0.516. The zero-order valence-corrected chi connectivity index (χ0v) is 12.0. The maximum absolute atomic E-state index is 12.6. The molecule has 1 aliphatic rings. The molecule has 0 saturated carbocycles. The van der Waals surface area contributed by atoms with Crippen LogP contribution in [0.2, 0.25) is 0 Å². The summed E-state index contributed by atoms with van der Waals surface area (Å²) in [4.78, 5) is 36.3. The third kappa shape index (κ3) is 2.86. The molecule has 0 bridgehead atoms. The van der Waals surface area contributed by atoms with E-state index in [0.29, 0.717) is 25.1 Å². The van der Waals surface area contributed by atoms with E-state index in [2.05, 4.69) is 5.32 Å². The number of aryl methyl sites for hydroxylation is 1. The van der Waals surface area contributed by atoms with Gasteiger partial charge >= 0.3 is 0 Å². The quantitative estimate of drug-likeness (QED) is 0.670. The van der Waals surface area contributed by atoms with Crippen molar-refractivity contribution in [1.29, 1.82) is 0 Å². The Labute approximate surface area is 122 Å². The van der Waals surface area contributed by atoms with Gasteiger partial charge in [0.05, 0.1) is 4.92 Å². The number of non-ortho nitro benzene ring substituents is 1. The Kier molecular flexibility index (Phi) is 4.21. The molecule has 2 rings (SSSR count). The van der Waals surface area contributed by atoms with Gasteiger partial charge < -0.3 is 10.2 Å². The average molecular weight is 291 g/mol. The first-order valence-electron chi connectivity index (χ1n) is 6.79. The van der Waals surface area contributed by atoms with Crippen LogP contribution in [0.25, 0.3) is 0 Å². The summed E-state index contributed by atoms with van der Waals surface area (Å²) in [5, 5.41) is 13.6. The Bertz CT molecular complexity index is 600. The van der Waals surface area contributed by atoms with Gasteiger partial charge in [-0.05, 0) is 18.9 Å². The van der Waals surface area contributed by atoms with E-state index in [1.807, 2.05) is 6.92 Å². The number of piperazine rings is 1. The molecule has 1 aromatic rings. The lowest BCUT2D eigenvalue weighted by atomic mass is 10.0. The second kappa shape index (κ2) is 5.90. The number of benzene rings is 1. The lowest BCUT2D eigenvalue weighted by Crippen LogP contribution is -2.57. The van der Waals surface area contributed by atoms with Crippen molar-refractivity contribution in [3.05, 3.63) is 39.4 Å². The number of amides is 2. The number of carbonyl (C=O) groups is 2. The number of rotatable bonds is 3. The van der Waals surface area contributed by atoms with Crippen LogP contribution in [0.4, 0.5) is 5.69 Å². The second-order valence-corrected chi connectivity index (χ2v) is 4.97. The molecule has 21 heavy (non-hydrogen) atoms. The molecule has 7 heteroatoms. The standard InChI is InChI=1S/C14H17N3O4/c1-3-12-13(18)15-6-7-16(12)14(19)11-8-10(17(20)21)5-4-9(11)2/h4-5,8,12H,3,6-7H2,1-2H3,(H,15,18). The van der Waals surface area contributed by atoms with E-state index >= 15 is 0 Å². The van der Waals surface area contributed by atoms with Crippen molar-refractivity contribution in [3.8, 4) is 0 Å². The summed E-state index contributed by atoms with van der Waals surface area (Å²) in [6.45, 7) is 4.36. The molecule has 0 aromatic heterocycles.